The summed E-state index contributed by atoms with van der Waals surface area (Å²) in [6.45, 7) is 5.85. The van der Waals surface area contributed by atoms with Gasteiger partial charge in [-0.05, 0) is 30.2 Å². The molecule has 1 aliphatic rings. The molecule has 1 aliphatic heterocycles. The number of anilines is 1. The average Bonchev–Trinajstić information content (AvgIpc) is 3.11. The number of amides is 1. The highest BCUT2D eigenvalue weighted by atomic mass is 35.5. The Morgan fingerprint density at radius 2 is 1.59 bits per heavy atom. The van der Waals surface area contributed by atoms with Gasteiger partial charge in [-0.3, -0.25) is 14.6 Å². The third-order valence-electron chi connectivity index (χ3n) is 5.31. The molecule has 1 aromatic heterocycles. The number of esters is 2. The van der Waals surface area contributed by atoms with Crippen LogP contribution in [0, 0.1) is 6.92 Å². The lowest BCUT2D eigenvalue weighted by atomic mass is 10.1. The first-order valence-corrected chi connectivity index (χ1v) is 11.3. The van der Waals surface area contributed by atoms with E-state index in [1.165, 1.54) is 19.8 Å². The van der Waals surface area contributed by atoms with Crippen molar-refractivity contribution in [3.63, 3.8) is 0 Å². The van der Waals surface area contributed by atoms with Gasteiger partial charge in [-0.25, -0.2) is 9.59 Å². The van der Waals surface area contributed by atoms with Gasteiger partial charge < -0.3 is 14.8 Å². The highest BCUT2D eigenvalue weighted by Crippen LogP contribution is 2.34. The molecule has 0 radical (unpaired) electrons. The molecule has 1 amide bonds. The molecule has 0 unspecified atom stereocenters. The molecule has 3 rings (SSSR count). The van der Waals surface area contributed by atoms with Gasteiger partial charge in [0.05, 0.1) is 26.3 Å². The van der Waals surface area contributed by atoms with E-state index in [1.54, 1.807) is 6.92 Å². The van der Waals surface area contributed by atoms with Gasteiger partial charge in [0.1, 0.15) is 9.88 Å². The van der Waals surface area contributed by atoms with Crippen molar-refractivity contribution in [3.8, 4) is 0 Å². The van der Waals surface area contributed by atoms with Gasteiger partial charge in [-0.1, -0.05) is 23.7 Å². The quantitative estimate of drug-likeness (QED) is 0.610. The van der Waals surface area contributed by atoms with Crippen molar-refractivity contribution in [2.24, 2.45) is 0 Å². The Morgan fingerprint density at radius 1 is 1.00 bits per heavy atom. The van der Waals surface area contributed by atoms with Crippen LogP contribution in [0.2, 0.25) is 5.02 Å². The molecule has 0 saturated carbocycles. The van der Waals surface area contributed by atoms with Crippen LogP contribution in [-0.2, 0) is 20.8 Å². The van der Waals surface area contributed by atoms with Crippen LogP contribution in [0.25, 0.3) is 0 Å². The Kier molecular flexibility index (Phi) is 8.25. The van der Waals surface area contributed by atoms with Gasteiger partial charge >= 0.3 is 11.9 Å². The first kappa shape index (κ1) is 24.2. The van der Waals surface area contributed by atoms with E-state index in [2.05, 4.69) is 15.1 Å². The molecule has 1 N–H and O–H groups in total. The number of thiophene rings is 1. The van der Waals surface area contributed by atoms with E-state index in [4.69, 9.17) is 21.1 Å². The summed E-state index contributed by atoms with van der Waals surface area (Å²) in [5, 5.41) is 3.79. The number of benzene rings is 1. The van der Waals surface area contributed by atoms with E-state index in [1.807, 2.05) is 24.3 Å². The van der Waals surface area contributed by atoms with Crippen molar-refractivity contribution < 1.29 is 23.9 Å². The average molecular weight is 480 g/mol. The highest BCUT2D eigenvalue weighted by Gasteiger charge is 2.27. The highest BCUT2D eigenvalue weighted by molar-refractivity contribution is 7.18. The van der Waals surface area contributed by atoms with Crippen LogP contribution in [0.15, 0.2) is 24.3 Å². The third-order valence-corrected chi connectivity index (χ3v) is 6.75. The molecule has 0 aliphatic carbocycles. The van der Waals surface area contributed by atoms with Crippen LogP contribution < -0.4 is 5.32 Å². The van der Waals surface area contributed by atoms with E-state index < -0.39 is 11.9 Å². The van der Waals surface area contributed by atoms with E-state index in [0.29, 0.717) is 10.6 Å². The molecule has 0 atom stereocenters. The van der Waals surface area contributed by atoms with E-state index in [-0.39, 0.29) is 22.9 Å². The summed E-state index contributed by atoms with van der Waals surface area (Å²) in [6.07, 6.45) is 0. The molecule has 2 heterocycles. The summed E-state index contributed by atoms with van der Waals surface area (Å²) in [5.74, 6) is -1.42. The minimum atomic E-state index is -0.611. The van der Waals surface area contributed by atoms with Gasteiger partial charge in [-0.2, -0.15) is 0 Å². The molecular formula is C22H26ClN3O5S. The number of methoxy groups -OCH3 is 2. The zero-order valence-corrected chi connectivity index (χ0v) is 19.8. The molecule has 0 bridgehead atoms. The Labute approximate surface area is 196 Å². The van der Waals surface area contributed by atoms with Crippen molar-refractivity contribution in [2.45, 2.75) is 13.5 Å². The second-order valence-electron chi connectivity index (χ2n) is 7.47. The minimum Gasteiger partial charge on any atom is -0.465 e. The lowest BCUT2D eigenvalue weighted by Crippen LogP contribution is -2.48. The lowest BCUT2D eigenvalue weighted by molar-refractivity contribution is -0.117. The lowest BCUT2D eigenvalue weighted by Gasteiger charge is -2.34. The van der Waals surface area contributed by atoms with Gasteiger partial charge in [0.15, 0.2) is 0 Å². The zero-order valence-electron chi connectivity index (χ0n) is 18.3. The van der Waals surface area contributed by atoms with Crippen LogP contribution in [0.1, 0.15) is 31.2 Å². The number of nitrogens with one attached hydrogen (secondary N) is 1. The maximum atomic E-state index is 12.7. The van der Waals surface area contributed by atoms with Crippen molar-refractivity contribution in [1.82, 2.24) is 9.80 Å². The van der Waals surface area contributed by atoms with Gasteiger partial charge in [-0.15, -0.1) is 11.3 Å². The number of carbonyl (C=O) groups is 3. The second-order valence-corrected chi connectivity index (χ2v) is 8.93. The maximum Gasteiger partial charge on any atom is 0.348 e. The van der Waals surface area contributed by atoms with Crippen molar-refractivity contribution in [2.75, 3.05) is 52.3 Å². The van der Waals surface area contributed by atoms with Crippen LogP contribution in [0.4, 0.5) is 5.00 Å². The summed E-state index contributed by atoms with van der Waals surface area (Å²) in [4.78, 5) is 41.5. The largest absolute Gasteiger partial charge is 0.465 e. The SMILES string of the molecule is COC(=O)c1sc(NC(=O)CN2CCN(Cc3ccc(Cl)cc3)CC2)c(C(=O)OC)c1C. The number of carbonyl (C=O) groups excluding carboxylic acids is 3. The predicted molar refractivity (Wildman–Crippen MR) is 124 cm³/mol. The number of hydrogen-bond acceptors (Lipinski definition) is 8. The number of hydrogen-bond donors (Lipinski definition) is 1. The van der Waals surface area contributed by atoms with Crippen molar-refractivity contribution >= 4 is 45.8 Å². The number of piperazine rings is 1. The molecule has 10 heteroatoms. The molecule has 8 nitrogen and oxygen atoms in total. The monoisotopic (exact) mass is 479 g/mol. The number of ether oxygens (including phenoxy) is 2. The molecule has 2 aromatic rings. The Morgan fingerprint density at radius 3 is 2.19 bits per heavy atom. The van der Waals surface area contributed by atoms with Crippen LogP contribution in [-0.4, -0.2) is 74.6 Å². The summed E-state index contributed by atoms with van der Waals surface area (Å²) in [7, 11) is 2.52. The third kappa shape index (κ3) is 5.86. The zero-order chi connectivity index (χ0) is 23.3. The fraction of sp³-hybridized carbons (Fsp3) is 0.409. The molecule has 1 aromatic carbocycles. The van der Waals surface area contributed by atoms with E-state index >= 15 is 0 Å². The Hall–Kier alpha value is -2.46. The van der Waals surface area contributed by atoms with Crippen molar-refractivity contribution in [1.29, 1.82) is 0 Å². The first-order valence-electron chi connectivity index (χ1n) is 10.1. The Bertz CT molecular complexity index is 984. The molecular weight excluding hydrogens is 454 g/mol. The van der Waals surface area contributed by atoms with Gasteiger partial charge in [0.2, 0.25) is 5.91 Å². The van der Waals surface area contributed by atoms with Crippen molar-refractivity contribution in [3.05, 3.63) is 50.9 Å². The fourth-order valence-corrected chi connectivity index (χ4v) is 4.81. The van der Waals surface area contributed by atoms with E-state index in [0.717, 1.165) is 49.1 Å². The standard InChI is InChI=1S/C22H26ClN3O5S/c1-14-18(21(28)30-2)20(32-19(14)22(29)31-3)24-17(27)13-26-10-8-25(9-11-26)12-15-4-6-16(23)7-5-15/h4-7H,8-13H2,1-3H3,(H,24,27). The Balaban J connectivity index is 1.57. The molecule has 32 heavy (non-hydrogen) atoms. The first-order chi connectivity index (χ1) is 15.3. The predicted octanol–water partition coefficient (Wildman–Crippen LogP) is 3.04. The summed E-state index contributed by atoms with van der Waals surface area (Å²) in [5.41, 5.74) is 1.81. The van der Waals surface area contributed by atoms with Crippen LogP contribution in [0.5, 0.6) is 0 Å². The number of nitrogens with zero attached hydrogens (tertiary/aromatic N) is 2. The normalized spacial score (nSPS) is 14.8. The summed E-state index contributed by atoms with van der Waals surface area (Å²) in [6, 6.07) is 7.81. The topological polar surface area (TPSA) is 88.2 Å². The number of rotatable bonds is 7. The minimum absolute atomic E-state index is 0.180. The molecule has 0 spiro atoms. The molecule has 1 saturated heterocycles. The fourth-order valence-electron chi connectivity index (χ4n) is 3.56. The smallest absolute Gasteiger partial charge is 0.348 e. The van der Waals surface area contributed by atoms with Gasteiger partial charge in [0, 0.05) is 37.7 Å². The molecule has 1 fully saturated rings. The summed E-state index contributed by atoms with van der Waals surface area (Å²) < 4.78 is 9.60. The second kappa shape index (κ2) is 10.9. The van der Waals surface area contributed by atoms with Crippen LogP contribution >= 0.6 is 22.9 Å². The summed E-state index contributed by atoms with van der Waals surface area (Å²) >= 11 is 6.95. The van der Waals surface area contributed by atoms with E-state index in [9.17, 15) is 14.4 Å². The number of halogens is 1. The van der Waals surface area contributed by atoms with Gasteiger partial charge in [0.25, 0.3) is 0 Å². The molecule has 172 valence electrons. The van der Waals surface area contributed by atoms with Crippen LogP contribution in [0.3, 0.4) is 0 Å². The maximum absolute atomic E-state index is 12.7.